The first kappa shape index (κ1) is 25.7. The van der Waals surface area contributed by atoms with Gasteiger partial charge in [0.05, 0.1) is 22.5 Å². The van der Waals surface area contributed by atoms with Crippen LogP contribution in [0.15, 0.2) is 60.7 Å². The molecule has 1 amide bonds. The highest BCUT2D eigenvalue weighted by Crippen LogP contribution is 2.31. The van der Waals surface area contributed by atoms with E-state index in [-0.39, 0.29) is 12.5 Å². The van der Waals surface area contributed by atoms with E-state index in [1.54, 1.807) is 50.4 Å². The minimum Gasteiger partial charge on any atom is -0.478 e. The van der Waals surface area contributed by atoms with Crippen LogP contribution in [0.4, 0.5) is 13.2 Å². The Morgan fingerprint density at radius 2 is 1.69 bits per heavy atom. The molecule has 0 atom stereocenters. The first-order valence-corrected chi connectivity index (χ1v) is 10.7. The summed E-state index contributed by atoms with van der Waals surface area (Å²) in [7, 11) is 1.63. The molecule has 0 spiro atoms. The molecule has 35 heavy (non-hydrogen) atoms. The van der Waals surface area contributed by atoms with Gasteiger partial charge >= 0.3 is 12.1 Å². The third kappa shape index (κ3) is 6.17. The maximum Gasteiger partial charge on any atom is 0.416 e. The van der Waals surface area contributed by atoms with E-state index in [1.807, 2.05) is 0 Å². The van der Waals surface area contributed by atoms with Crippen LogP contribution in [0.1, 0.15) is 41.0 Å². The third-order valence-corrected chi connectivity index (χ3v) is 5.38. The molecule has 0 fully saturated rings. The summed E-state index contributed by atoms with van der Waals surface area (Å²) >= 11 is 0. The first-order valence-electron chi connectivity index (χ1n) is 10.7. The van der Waals surface area contributed by atoms with Gasteiger partial charge < -0.3 is 14.7 Å². The van der Waals surface area contributed by atoms with Crippen molar-refractivity contribution in [2.75, 3.05) is 7.05 Å². The molecule has 0 aliphatic rings. The Balaban J connectivity index is 1.74. The second kappa shape index (κ2) is 9.77. The number of carboxylic acid groups (broad SMARTS) is 1. The van der Waals surface area contributed by atoms with Gasteiger partial charge in [0.25, 0.3) is 5.91 Å². The predicted octanol–water partition coefficient (Wildman–Crippen LogP) is 5.59. The quantitative estimate of drug-likeness (QED) is 0.471. The van der Waals surface area contributed by atoms with Gasteiger partial charge in [-0.05, 0) is 62.7 Å². The number of aryl methyl sites for hydroxylation is 1. The number of benzene rings is 2. The summed E-state index contributed by atoms with van der Waals surface area (Å²) in [5.74, 6) is -1.02. The van der Waals surface area contributed by atoms with Crippen molar-refractivity contribution in [1.29, 1.82) is 0 Å². The molecule has 2 aromatic carbocycles. The summed E-state index contributed by atoms with van der Waals surface area (Å²) in [4.78, 5) is 30.2. The van der Waals surface area contributed by atoms with Crippen LogP contribution in [0.2, 0.25) is 0 Å². The highest BCUT2D eigenvalue weighted by molar-refractivity contribution is 5.95. The number of carboxylic acids is 1. The van der Waals surface area contributed by atoms with Gasteiger partial charge in [-0.3, -0.25) is 9.78 Å². The number of alkyl halides is 3. The molecule has 1 heterocycles. The Kier molecular flexibility index (Phi) is 7.19. The number of carbonyl (C=O) groups is 2. The van der Waals surface area contributed by atoms with Gasteiger partial charge in [-0.1, -0.05) is 24.3 Å². The number of halogens is 3. The SMILES string of the molecule is Cc1nc(-c2ccc(C(F)(F)F)cc2)ccc1C(=O)N(C)Cc1cccc(OC(C)(C)C(=O)O)c1. The van der Waals surface area contributed by atoms with Gasteiger partial charge in [-0.15, -0.1) is 0 Å². The number of carbonyl (C=O) groups excluding carboxylic acids is 1. The Labute approximate surface area is 201 Å². The van der Waals surface area contributed by atoms with Crippen molar-refractivity contribution >= 4 is 11.9 Å². The number of hydrogen-bond acceptors (Lipinski definition) is 4. The lowest BCUT2D eigenvalue weighted by molar-refractivity contribution is -0.152. The Morgan fingerprint density at radius 3 is 2.26 bits per heavy atom. The molecule has 0 aliphatic carbocycles. The third-order valence-electron chi connectivity index (χ3n) is 5.38. The smallest absolute Gasteiger partial charge is 0.416 e. The van der Waals surface area contributed by atoms with Crippen LogP contribution in [0.5, 0.6) is 5.75 Å². The van der Waals surface area contributed by atoms with Crippen LogP contribution < -0.4 is 4.74 Å². The van der Waals surface area contributed by atoms with Gasteiger partial charge in [0.15, 0.2) is 5.60 Å². The molecule has 9 heteroatoms. The monoisotopic (exact) mass is 486 g/mol. The summed E-state index contributed by atoms with van der Waals surface area (Å²) in [5.41, 5.74) is 0.370. The highest BCUT2D eigenvalue weighted by atomic mass is 19.4. The maximum atomic E-state index is 13.0. The van der Waals surface area contributed by atoms with E-state index in [0.717, 1.165) is 17.7 Å². The van der Waals surface area contributed by atoms with Crippen molar-refractivity contribution in [3.05, 3.63) is 83.0 Å². The fraction of sp³-hybridized carbons (Fsp3) is 0.269. The Bertz CT molecular complexity index is 1240. The highest BCUT2D eigenvalue weighted by Gasteiger charge is 2.30. The molecule has 0 bridgehead atoms. The van der Waals surface area contributed by atoms with Crippen molar-refractivity contribution < 1.29 is 32.6 Å². The van der Waals surface area contributed by atoms with E-state index in [9.17, 15) is 27.9 Å². The molecule has 3 aromatic rings. The van der Waals surface area contributed by atoms with Crippen molar-refractivity contribution in [3.63, 3.8) is 0 Å². The predicted molar refractivity (Wildman–Crippen MR) is 124 cm³/mol. The second-order valence-electron chi connectivity index (χ2n) is 8.63. The van der Waals surface area contributed by atoms with Crippen molar-refractivity contribution in [2.24, 2.45) is 0 Å². The number of nitrogens with zero attached hydrogens (tertiary/aromatic N) is 2. The molecule has 0 aliphatic heterocycles. The average Bonchev–Trinajstić information content (AvgIpc) is 2.78. The van der Waals surface area contributed by atoms with Crippen LogP contribution in [0.3, 0.4) is 0 Å². The molecule has 0 saturated carbocycles. The van der Waals surface area contributed by atoms with Gasteiger partial charge in [-0.25, -0.2) is 4.79 Å². The second-order valence-corrected chi connectivity index (χ2v) is 8.63. The van der Waals surface area contributed by atoms with E-state index in [4.69, 9.17) is 4.74 Å². The number of ether oxygens (including phenoxy) is 1. The maximum absolute atomic E-state index is 13.0. The lowest BCUT2D eigenvalue weighted by Crippen LogP contribution is -2.37. The van der Waals surface area contributed by atoms with E-state index in [2.05, 4.69) is 4.98 Å². The molecule has 184 valence electrons. The number of amides is 1. The number of pyridine rings is 1. The Hall–Kier alpha value is -3.88. The molecule has 3 rings (SSSR count). The molecular formula is C26H25F3N2O4. The van der Waals surface area contributed by atoms with E-state index < -0.39 is 23.3 Å². The van der Waals surface area contributed by atoms with E-state index >= 15 is 0 Å². The molecule has 6 nitrogen and oxygen atoms in total. The van der Waals surface area contributed by atoms with Crippen LogP contribution in [0, 0.1) is 6.92 Å². The van der Waals surface area contributed by atoms with Crippen LogP contribution in [0.25, 0.3) is 11.3 Å². The largest absolute Gasteiger partial charge is 0.478 e. The van der Waals surface area contributed by atoms with Gasteiger partial charge in [0, 0.05) is 19.2 Å². The molecule has 0 radical (unpaired) electrons. The van der Waals surface area contributed by atoms with Gasteiger partial charge in [0.2, 0.25) is 0 Å². The van der Waals surface area contributed by atoms with E-state index in [1.165, 1.54) is 30.9 Å². The number of aliphatic carboxylic acids is 1. The fourth-order valence-corrected chi connectivity index (χ4v) is 3.37. The summed E-state index contributed by atoms with van der Waals surface area (Å²) in [6, 6.07) is 14.7. The standard InChI is InChI=1S/C26H25F3N2O4/c1-16-21(12-13-22(30-16)18-8-10-19(11-9-18)26(27,28)29)23(32)31(4)15-17-6-5-7-20(14-17)35-25(2,3)24(33)34/h5-14H,15H2,1-4H3,(H,33,34). The number of hydrogen-bond donors (Lipinski definition) is 1. The summed E-state index contributed by atoms with van der Waals surface area (Å²) in [6.07, 6.45) is -4.42. The van der Waals surface area contributed by atoms with Crippen LogP contribution in [-0.4, -0.2) is 39.5 Å². The normalized spacial score (nSPS) is 11.7. The number of rotatable bonds is 7. The fourth-order valence-electron chi connectivity index (χ4n) is 3.37. The van der Waals surface area contributed by atoms with Gasteiger partial charge in [0.1, 0.15) is 5.75 Å². The van der Waals surface area contributed by atoms with Crippen molar-refractivity contribution in [1.82, 2.24) is 9.88 Å². The topological polar surface area (TPSA) is 79.7 Å². The zero-order valence-electron chi connectivity index (χ0n) is 19.7. The Morgan fingerprint density at radius 1 is 1.03 bits per heavy atom. The molecular weight excluding hydrogens is 461 g/mol. The first-order chi connectivity index (χ1) is 16.3. The van der Waals surface area contributed by atoms with Crippen molar-refractivity contribution in [2.45, 2.75) is 39.1 Å². The summed E-state index contributed by atoms with van der Waals surface area (Å²) in [6.45, 7) is 4.80. The molecule has 1 aromatic heterocycles. The number of aromatic nitrogens is 1. The summed E-state index contributed by atoms with van der Waals surface area (Å²) in [5, 5.41) is 9.25. The van der Waals surface area contributed by atoms with Gasteiger partial charge in [-0.2, -0.15) is 13.2 Å². The van der Waals surface area contributed by atoms with Crippen molar-refractivity contribution in [3.8, 4) is 17.0 Å². The van der Waals surface area contributed by atoms with Crippen LogP contribution in [-0.2, 0) is 17.5 Å². The molecule has 1 N–H and O–H groups in total. The van der Waals surface area contributed by atoms with E-state index in [0.29, 0.717) is 28.3 Å². The zero-order valence-corrected chi connectivity index (χ0v) is 19.7. The zero-order chi connectivity index (χ0) is 26.0. The lowest BCUT2D eigenvalue weighted by atomic mass is 10.1. The van der Waals surface area contributed by atoms with Crippen LogP contribution >= 0.6 is 0 Å². The summed E-state index contributed by atoms with van der Waals surface area (Å²) < 4.78 is 43.9. The average molecular weight is 486 g/mol. The lowest BCUT2D eigenvalue weighted by Gasteiger charge is -2.23. The minimum absolute atomic E-state index is 0.240. The minimum atomic E-state index is -4.42. The molecule has 0 unspecified atom stereocenters. The molecule has 0 saturated heterocycles.